The minimum atomic E-state index is -2.66. The SMILES string of the molecule is CCC(C)C1NC(C2=CC(F)(F)CCC2)NO1. The van der Waals surface area contributed by atoms with Gasteiger partial charge in [-0.15, -0.1) is 0 Å². The molecule has 1 saturated heterocycles. The fraction of sp³-hybridized carbons (Fsp3) is 0.833. The molecule has 2 N–H and O–H groups in total. The molecule has 1 aliphatic carbocycles. The van der Waals surface area contributed by atoms with Gasteiger partial charge in [0, 0.05) is 6.42 Å². The summed E-state index contributed by atoms with van der Waals surface area (Å²) in [6.45, 7) is 4.16. The minimum Gasteiger partial charge on any atom is -0.281 e. The van der Waals surface area contributed by atoms with Crippen LogP contribution in [0.2, 0.25) is 0 Å². The molecule has 3 atom stereocenters. The summed E-state index contributed by atoms with van der Waals surface area (Å²) in [5.74, 6) is -2.30. The third-order valence-corrected chi connectivity index (χ3v) is 3.55. The Balaban J connectivity index is 1.99. The lowest BCUT2D eigenvalue weighted by Gasteiger charge is -2.24. The highest BCUT2D eigenvalue weighted by Crippen LogP contribution is 2.33. The Morgan fingerprint density at radius 1 is 1.59 bits per heavy atom. The second-order valence-electron chi connectivity index (χ2n) is 4.98. The number of hydroxylamine groups is 1. The molecule has 0 radical (unpaired) electrons. The average molecular weight is 246 g/mol. The van der Waals surface area contributed by atoms with Crippen LogP contribution in [0.15, 0.2) is 11.6 Å². The van der Waals surface area contributed by atoms with Crippen molar-refractivity contribution < 1.29 is 13.6 Å². The van der Waals surface area contributed by atoms with Crippen LogP contribution in [0, 0.1) is 5.92 Å². The van der Waals surface area contributed by atoms with Gasteiger partial charge in [0.15, 0.2) is 0 Å². The summed E-state index contributed by atoms with van der Waals surface area (Å²) >= 11 is 0. The zero-order valence-electron chi connectivity index (χ0n) is 10.3. The normalized spacial score (nSPS) is 34.5. The molecule has 0 aromatic rings. The van der Waals surface area contributed by atoms with Gasteiger partial charge in [-0.3, -0.25) is 10.2 Å². The van der Waals surface area contributed by atoms with Crippen molar-refractivity contribution in [1.29, 1.82) is 0 Å². The van der Waals surface area contributed by atoms with Crippen LogP contribution in [0.5, 0.6) is 0 Å². The maximum atomic E-state index is 13.3. The fourth-order valence-corrected chi connectivity index (χ4v) is 2.22. The lowest BCUT2D eigenvalue weighted by molar-refractivity contribution is -0.00677. The van der Waals surface area contributed by atoms with E-state index in [-0.39, 0.29) is 18.8 Å². The standard InChI is InChI=1S/C12H20F2N2O/c1-3-8(2)11-15-10(16-17-11)9-5-4-6-12(13,14)7-9/h7-8,10-11,15-16H,3-6H2,1-2H3. The number of alkyl halides is 2. The van der Waals surface area contributed by atoms with E-state index in [0.717, 1.165) is 12.5 Å². The molecule has 0 aromatic heterocycles. The van der Waals surface area contributed by atoms with Crippen molar-refractivity contribution in [3.05, 3.63) is 11.6 Å². The Bertz CT molecular complexity index is 307. The Morgan fingerprint density at radius 3 is 3.00 bits per heavy atom. The van der Waals surface area contributed by atoms with Crippen molar-refractivity contribution in [2.24, 2.45) is 5.92 Å². The number of nitrogens with one attached hydrogen (secondary N) is 2. The van der Waals surface area contributed by atoms with E-state index < -0.39 is 5.92 Å². The first-order valence-corrected chi connectivity index (χ1v) is 6.28. The van der Waals surface area contributed by atoms with Gasteiger partial charge in [0.2, 0.25) is 0 Å². The molecular formula is C12H20F2N2O. The van der Waals surface area contributed by atoms with Gasteiger partial charge in [0.25, 0.3) is 5.92 Å². The van der Waals surface area contributed by atoms with Crippen molar-refractivity contribution in [2.75, 3.05) is 0 Å². The molecule has 1 heterocycles. The molecule has 17 heavy (non-hydrogen) atoms. The summed E-state index contributed by atoms with van der Waals surface area (Å²) in [5.41, 5.74) is 3.53. The van der Waals surface area contributed by atoms with Gasteiger partial charge in [-0.25, -0.2) is 8.78 Å². The molecule has 3 nitrogen and oxygen atoms in total. The second-order valence-corrected chi connectivity index (χ2v) is 4.98. The van der Waals surface area contributed by atoms with Gasteiger partial charge in [-0.2, -0.15) is 5.48 Å². The second kappa shape index (κ2) is 5.00. The summed E-state index contributed by atoms with van der Waals surface area (Å²) < 4.78 is 26.5. The van der Waals surface area contributed by atoms with Crippen LogP contribution in [-0.4, -0.2) is 18.3 Å². The van der Waals surface area contributed by atoms with Gasteiger partial charge in [0.1, 0.15) is 12.4 Å². The molecule has 2 aliphatic rings. The van der Waals surface area contributed by atoms with Gasteiger partial charge < -0.3 is 0 Å². The maximum Gasteiger partial charge on any atom is 0.266 e. The first-order valence-electron chi connectivity index (χ1n) is 6.28. The molecule has 1 aliphatic heterocycles. The fourth-order valence-electron chi connectivity index (χ4n) is 2.22. The summed E-state index contributed by atoms with van der Waals surface area (Å²) in [6.07, 6.45) is 2.91. The molecule has 0 bridgehead atoms. The van der Waals surface area contributed by atoms with Crippen molar-refractivity contribution >= 4 is 0 Å². The molecular weight excluding hydrogens is 226 g/mol. The van der Waals surface area contributed by atoms with Gasteiger partial charge >= 0.3 is 0 Å². The van der Waals surface area contributed by atoms with E-state index in [0.29, 0.717) is 24.3 Å². The first-order chi connectivity index (χ1) is 8.02. The molecule has 3 unspecified atom stereocenters. The van der Waals surface area contributed by atoms with E-state index in [2.05, 4.69) is 24.6 Å². The summed E-state index contributed by atoms with van der Waals surface area (Å²) in [4.78, 5) is 5.39. The largest absolute Gasteiger partial charge is 0.281 e. The highest BCUT2D eigenvalue weighted by molar-refractivity contribution is 5.17. The van der Waals surface area contributed by atoms with Crippen molar-refractivity contribution in [1.82, 2.24) is 10.8 Å². The van der Waals surface area contributed by atoms with Crippen molar-refractivity contribution in [2.45, 2.75) is 57.8 Å². The van der Waals surface area contributed by atoms with Crippen LogP contribution in [0.3, 0.4) is 0 Å². The van der Waals surface area contributed by atoms with Gasteiger partial charge in [-0.1, -0.05) is 13.8 Å². The molecule has 0 aromatic carbocycles. The topological polar surface area (TPSA) is 33.3 Å². The molecule has 5 heteroatoms. The molecule has 98 valence electrons. The monoisotopic (exact) mass is 246 g/mol. The van der Waals surface area contributed by atoms with Crippen LogP contribution in [0.1, 0.15) is 39.5 Å². The Morgan fingerprint density at radius 2 is 2.35 bits per heavy atom. The lowest BCUT2D eigenvalue weighted by Crippen LogP contribution is -2.39. The Labute approximate surface area is 101 Å². The van der Waals surface area contributed by atoms with E-state index in [9.17, 15) is 8.78 Å². The number of hydrogen-bond acceptors (Lipinski definition) is 3. The molecule has 0 saturated carbocycles. The quantitative estimate of drug-likeness (QED) is 0.751. The third kappa shape index (κ3) is 3.03. The highest BCUT2D eigenvalue weighted by atomic mass is 19.3. The maximum absolute atomic E-state index is 13.3. The average Bonchev–Trinajstić information content (AvgIpc) is 2.76. The van der Waals surface area contributed by atoms with Crippen LogP contribution in [-0.2, 0) is 4.84 Å². The zero-order chi connectivity index (χ0) is 12.5. The van der Waals surface area contributed by atoms with Crippen LogP contribution < -0.4 is 10.8 Å². The van der Waals surface area contributed by atoms with E-state index >= 15 is 0 Å². The minimum absolute atomic E-state index is 0.0428. The third-order valence-electron chi connectivity index (χ3n) is 3.55. The molecule has 1 fully saturated rings. The molecule has 0 spiro atoms. The van der Waals surface area contributed by atoms with Crippen molar-refractivity contribution in [3.8, 4) is 0 Å². The lowest BCUT2D eigenvalue weighted by atomic mass is 9.94. The smallest absolute Gasteiger partial charge is 0.266 e. The highest BCUT2D eigenvalue weighted by Gasteiger charge is 2.35. The number of rotatable bonds is 3. The van der Waals surface area contributed by atoms with Gasteiger partial charge in [0.05, 0.1) is 0 Å². The van der Waals surface area contributed by atoms with Crippen LogP contribution in [0.25, 0.3) is 0 Å². The summed E-state index contributed by atoms with van der Waals surface area (Å²) in [7, 11) is 0. The Kier molecular flexibility index (Phi) is 3.80. The predicted octanol–water partition coefficient (Wildman–Crippen LogP) is 2.55. The van der Waals surface area contributed by atoms with Crippen LogP contribution >= 0.6 is 0 Å². The number of halogens is 2. The van der Waals surface area contributed by atoms with E-state index in [1.54, 1.807) is 0 Å². The van der Waals surface area contributed by atoms with E-state index in [4.69, 9.17) is 4.84 Å². The Hall–Kier alpha value is -0.520. The number of hydrogen-bond donors (Lipinski definition) is 2. The summed E-state index contributed by atoms with van der Waals surface area (Å²) in [6, 6.07) is 0. The molecule has 0 amide bonds. The summed E-state index contributed by atoms with van der Waals surface area (Å²) in [5, 5.41) is 3.21. The van der Waals surface area contributed by atoms with Gasteiger partial charge in [-0.05, 0) is 36.8 Å². The van der Waals surface area contributed by atoms with E-state index in [1.165, 1.54) is 0 Å². The van der Waals surface area contributed by atoms with Crippen LogP contribution in [0.4, 0.5) is 8.78 Å². The first kappa shape index (κ1) is 12.9. The van der Waals surface area contributed by atoms with Crippen molar-refractivity contribution in [3.63, 3.8) is 0 Å². The zero-order valence-corrected chi connectivity index (χ0v) is 10.3. The molecule has 2 rings (SSSR count). The number of allylic oxidation sites excluding steroid dienone is 1. The predicted molar refractivity (Wildman–Crippen MR) is 61.3 cm³/mol. The van der Waals surface area contributed by atoms with E-state index in [1.807, 2.05) is 0 Å².